The monoisotopic (exact) mass is 193 g/mol. The zero-order chi connectivity index (χ0) is 10.1. The molecule has 2 heteroatoms. The molecular weight excluding hydrogens is 174 g/mol. The number of rotatable bonds is 7. The Morgan fingerprint density at radius 3 is 2.79 bits per heavy atom. The largest absolute Gasteiger partial charge is 0.385 e. The highest BCUT2D eigenvalue weighted by Gasteiger charge is 1.93. The van der Waals surface area contributed by atoms with E-state index in [0.29, 0.717) is 0 Å². The number of hydrogen-bond acceptors (Lipinski definition) is 2. The van der Waals surface area contributed by atoms with Crippen molar-refractivity contribution in [1.29, 1.82) is 0 Å². The van der Waals surface area contributed by atoms with E-state index in [1.54, 1.807) is 7.11 Å². The lowest BCUT2D eigenvalue weighted by Crippen LogP contribution is -1.90. The first-order valence-corrected chi connectivity index (χ1v) is 5.31. The molecule has 0 fully saturated rings. The summed E-state index contributed by atoms with van der Waals surface area (Å²) in [6.07, 6.45) is 9.93. The molecule has 0 saturated heterocycles. The third-order valence-corrected chi connectivity index (χ3v) is 2.29. The van der Waals surface area contributed by atoms with E-state index in [9.17, 15) is 0 Å². The molecule has 0 saturated carbocycles. The van der Waals surface area contributed by atoms with Gasteiger partial charge in [-0.05, 0) is 30.9 Å². The van der Waals surface area contributed by atoms with Crippen LogP contribution in [-0.2, 0) is 11.2 Å². The molecule has 0 spiro atoms. The lowest BCUT2D eigenvalue weighted by atomic mass is 10.1. The Hall–Kier alpha value is -0.890. The first-order chi connectivity index (χ1) is 6.93. The summed E-state index contributed by atoms with van der Waals surface area (Å²) in [5.41, 5.74) is 1.35. The number of nitrogens with zero attached hydrogens (tertiary/aromatic N) is 1. The Morgan fingerprint density at radius 1 is 1.21 bits per heavy atom. The molecule has 0 atom stereocenters. The van der Waals surface area contributed by atoms with Gasteiger partial charge in [0.2, 0.25) is 0 Å². The van der Waals surface area contributed by atoms with Gasteiger partial charge in [-0.3, -0.25) is 4.98 Å². The average molecular weight is 193 g/mol. The molecule has 1 rings (SSSR count). The van der Waals surface area contributed by atoms with Gasteiger partial charge in [-0.1, -0.05) is 18.9 Å². The van der Waals surface area contributed by atoms with Gasteiger partial charge < -0.3 is 4.74 Å². The number of methoxy groups -OCH3 is 1. The molecule has 1 heterocycles. The van der Waals surface area contributed by atoms with Crippen molar-refractivity contribution in [2.45, 2.75) is 32.1 Å². The van der Waals surface area contributed by atoms with Crippen LogP contribution in [0, 0.1) is 0 Å². The van der Waals surface area contributed by atoms with Crippen molar-refractivity contribution in [3.8, 4) is 0 Å². The highest BCUT2D eigenvalue weighted by Crippen LogP contribution is 2.06. The van der Waals surface area contributed by atoms with Gasteiger partial charge in [-0.15, -0.1) is 0 Å². The normalized spacial score (nSPS) is 10.4. The molecule has 0 aromatic carbocycles. The maximum atomic E-state index is 5.00. The summed E-state index contributed by atoms with van der Waals surface area (Å²) in [6.45, 7) is 0.896. The Morgan fingerprint density at radius 2 is 2.07 bits per heavy atom. The van der Waals surface area contributed by atoms with Crippen LogP contribution in [0.3, 0.4) is 0 Å². The van der Waals surface area contributed by atoms with Crippen LogP contribution in [0.15, 0.2) is 24.5 Å². The standard InChI is InChI=1S/C12H19NO/c1-14-10-5-3-2-4-7-12-8-6-9-13-11-12/h6,8-9,11H,2-5,7,10H2,1H3. The second-order valence-corrected chi connectivity index (χ2v) is 3.52. The van der Waals surface area contributed by atoms with E-state index in [0.717, 1.165) is 13.0 Å². The highest BCUT2D eigenvalue weighted by molar-refractivity contribution is 5.08. The minimum Gasteiger partial charge on any atom is -0.385 e. The molecule has 1 aromatic rings. The van der Waals surface area contributed by atoms with Gasteiger partial charge in [0.25, 0.3) is 0 Å². The van der Waals surface area contributed by atoms with E-state index < -0.39 is 0 Å². The number of pyridine rings is 1. The third kappa shape index (κ3) is 4.97. The first kappa shape index (κ1) is 11.2. The van der Waals surface area contributed by atoms with Crippen LogP contribution in [0.2, 0.25) is 0 Å². The molecule has 1 aromatic heterocycles. The van der Waals surface area contributed by atoms with Crippen LogP contribution in [0.1, 0.15) is 31.2 Å². The fraction of sp³-hybridized carbons (Fsp3) is 0.583. The first-order valence-electron chi connectivity index (χ1n) is 5.31. The Bertz CT molecular complexity index is 223. The average Bonchev–Trinajstić information content (AvgIpc) is 2.25. The van der Waals surface area contributed by atoms with Crippen molar-refractivity contribution in [3.63, 3.8) is 0 Å². The van der Waals surface area contributed by atoms with E-state index in [1.807, 2.05) is 18.5 Å². The zero-order valence-electron chi connectivity index (χ0n) is 8.91. The molecule has 0 aliphatic heterocycles. The van der Waals surface area contributed by atoms with Crippen LogP contribution in [-0.4, -0.2) is 18.7 Å². The maximum absolute atomic E-state index is 5.00. The van der Waals surface area contributed by atoms with Gasteiger partial charge in [-0.2, -0.15) is 0 Å². The van der Waals surface area contributed by atoms with Crippen LogP contribution in [0.25, 0.3) is 0 Å². The lowest BCUT2D eigenvalue weighted by Gasteiger charge is -2.01. The number of hydrogen-bond donors (Lipinski definition) is 0. The van der Waals surface area contributed by atoms with Gasteiger partial charge in [-0.25, -0.2) is 0 Å². The van der Waals surface area contributed by atoms with Crippen molar-refractivity contribution < 1.29 is 4.74 Å². The van der Waals surface area contributed by atoms with Crippen LogP contribution >= 0.6 is 0 Å². The van der Waals surface area contributed by atoms with Gasteiger partial charge in [0, 0.05) is 26.1 Å². The smallest absolute Gasteiger partial charge is 0.0462 e. The summed E-state index contributed by atoms with van der Waals surface area (Å²) in [5.74, 6) is 0. The molecule has 0 unspecified atom stereocenters. The summed E-state index contributed by atoms with van der Waals surface area (Å²) in [4.78, 5) is 4.09. The summed E-state index contributed by atoms with van der Waals surface area (Å²) in [5, 5.41) is 0. The number of ether oxygens (including phenoxy) is 1. The summed E-state index contributed by atoms with van der Waals surface area (Å²) in [7, 11) is 1.76. The van der Waals surface area contributed by atoms with Crippen LogP contribution in [0.4, 0.5) is 0 Å². The summed E-state index contributed by atoms with van der Waals surface area (Å²) >= 11 is 0. The number of unbranched alkanes of at least 4 members (excludes halogenated alkanes) is 3. The third-order valence-electron chi connectivity index (χ3n) is 2.29. The SMILES string of the molecule is COCCCCCCc1cccnc1. The second kappa shape index (κ2) is 7.51. The van der Waals surface area contributed by atoms with Gasteiger partial charge >= 0.3 is 0 Å². The van der Waals surface area contributed by atoms with Crippen LogP contribution in [0.5, 0.6) is 0 Å². The Balaban J connectivity index is 1.99. The molecule has 14 heavy (non-hydrogen) atoms. The van der Waals surface area contributed by atoms with Gasteiger partial charge in [0.05, 0.1) is 0 Å². The second-order valence-electron chi connectivity index (χ2n) is 3.52. The van der Waals surface area contributed by atoms with E-state index >= 15 is 0 Å². The molecule has 0 aliphatic carbocycles. The predicted molar refractivity (Wildman–Crippen MR) is 58.3 cm³/mol. The van der Waals surface area contributed by atoms with E-state index in [1.165, 1.54) is 31.2 Å². The number of aryl methyl sites for hydroxylation is 1. The van der Waals surface area contributed by atoms with Gasteiger partial charge in [0.1, 0.15) is 0 Å². The topological polar surface area (TPSA) is 22.1 Å². The van der Waals surface area contributed by atoms with E-state index in [4.69, 9.17) is 4.74 Å². The summed E-state index contributed by atoms with van der Waals surface area (Å²) < 4.78 is 5.00. The molecule has 0 bridgehead atoms. The quantitative estimate of drug-likeness (QED) is 0.621. The van der Waals surface area contributed by atoms with Crippen molar-refractivity contribution >= 4 is 0 Å². The minimum atomic E-state index is 0.896. The van der Waals surface area contributed by atoms with Crippen LogP contribution < -0.4 is 0 Å². The number of aromatic nitrogens is 1. The Kier molecular flexibility index (Phi) is 6.00. The molecule has 0 amide bonds. The predicted octanol–water partition coefficient (Wildman–Crippen LogP) is 2.83. The van der Waals surface area contributed by atoms with Gasteiger partial charge in [0.15, 0.2) is 0 Å². The Labute approximate surface area is 86.3 Å². The van der Waals surface area contributed by atoms with Crippen molar-refractivity contribution in [3.05, 3.63) is 30.1 Å². The zero-order valence-corrected chi connectivity index (χ0v) is 8.91. The highest BCUT2D eigenvalue weighted by atomic mass is 16.5. The molecule has 0 aliphatic rings. The molecule has 2 nitrogen and oxygen atoms in total. The maximum Gasteiger partial charge on any atom is 0.0462 e. The molecule has 0 N–H and O–H groups in total. The molecule has 0 radical (unpaired) electrons. The lowest BCUT2D eigenvalue weighted by molar-refractivity contribution is 0.192. The van der Waals surface area contributed by atoms with E-state index in [2.05, 4.69) is 11.1 Å². The molecular formula is C12H19NO. The summed E-state index contributed by atoms with van der Waals surface area (Å²) in [6, 6.07) is 4.14. The van der Waals surface area contributed by atoms with Crippen molar-refractivity contribution in [2.75, 3.05) is 13.7 Å². The van der Waals surface area contributed by atoms with Crippen molar-refractivity contribution in [1.82, 2.24) is 4.98 Å². The molecule has 78 valence electrons. The van der Waals surface area contributed by atoms with E-state index in [-0.39, 0.29) is 0 Å². The van der Waals surface area contributed by atoms with Crippen molar-refractivity contribution in [2.24, 2.45) is 0 Å². The fourth-order valence-corrected chi connectivity index (χ4v) is 1.48. The fourth-order valence-electron chi connectivity index (χ4n) is 1.48. The minimum absolute atomic E-state index is 0.896.